The molecule has 0 amide bonds. The van der Waals surface area contributed by atoms with Crippen LogP contribution in [0, 0.1) is 22.7 Å². The molecule has 0 aromatic heterocycles. The Balaban J connectivity index is 2.05. The molecule has 0 atom stereocenters. The second-order valence-electron chi connectivity index (χ2n) is 4.63. The first-order valence-electron chi connectivity index (χ1n) is 6.83. The van der Waals surface area contributed by atoms with Gasteiger partial charge in [-0.3, -0.25) is 5.43 Å². The Morgan fingerprint density at radius 1 is 1.00 bits per heavy atom. The van der Waals surface area contributed by atoms with E-state index in [2.05, 4.69) is 15.2 Å². The van der Waals surface area contributed by atoms with E-state index in [0.717, 1.165) is 5.56 Å². The zero-order chi connectivity index (χ0) is 17.4. The molecule has 0 fully saturated rings. The van der Waals surface area contributed by atoms with Crippen LogP contribution in [-0.4, -0.2) is 14.1 Å². The maximum absolute atomic E-state index is 12.2. The van der Waals surface area contributed by atoms with E-state index in [1.807, 2.05) is 30.3 Å². The lowest BCUT2D eigenvalue weighted by molar-refractivity contribution is 0.581. The standard InChI is InChI=1S/C16H13N5O2S/c17-10-15(11-18)21-20-14-6-8-16(9-7-14)24(22,23)19-12-13-4-2-1-3-5-13/h1-9,19-20H,12H2. The van der Waals surface area contributed by atoms with Gasteiger partial charge in [0.25, 0.3) is 0 Å². The molecular weight excluding hydrogens is 326 g/mol. The highest BCUT2D eigenvalue weighted by Gasteiger charge is 2.13. The molecule has 24 heavy (non-hydrogen) atoms. The average Bonchev–Trinajstić information content (AvgIpc) is 2.62. The lowest BCUT2D eigenvalue weighted by Gasteiger charge is -2.07. The van der Waals surface area contributed by atoms with Gasteiger partial charge in [-0.2, -0.15) is 15.6 Å². The smallest absolute Gasteiger partial charge is 0.240 e. The van der Waals surface area contributed by atoms with E-state index < -0.39 is 10.0 Å². The third kappa shape index (κ3) is 4.65. The van der Waals surface area contributed by atoms with E-state index in [0.29, 0.717) is 5.69 Å². The van der Waals surface area contributed by atoms with E-state index in [9.17, 15) is 8.42 Å². The molecule has 0 unspecified atom stereocenters. The third-order valence-electron chi connectivity index (χ3n) is 2.98. The van der Waals surface area contributed by atoms with Crippen molar-refractivity contribution in [3.05, 3.63) is 60.2 Å². The van der Waals surface area contributed by atoms with Crippen LogP contribution in [-0.2, 0) is 16.6 Å². The van der Waals surface area contributed by atoms with Crippen LogP contribution in [0.15, 0.2) is 64.6 Å². The zero-order valence-corrected chi connectivity index (χ0v) is 13.3. The fourth-order valence-electron chi connectivity index (χ4n) is 1.76. The predicted molar refractivity (Wildman–Crippen MR) is 89.2 cm³/mol. The first-order chi connectivity index (χ1) is 11.5. The summed E-state index contributed by atoms with van der Waals surface area (Å²) in [6.45, 7) is 0.196. The number of nitriles is 2. The van der Waals surface area contributed by atoms with Crippen LogP contribution in [0.5, 0.6) is 0 Å². The van der Waals surface area contributed by atoms with Gasteiger partial charge in [0.05, 0.1) is 10.6 Å². The van der Waals surface area contributed by atoms with Crippen LogP contribution < -0.4 is 10.1 Å². The summed E-state index contributed by atoms with van der Waals surface area (Å²) in [5.74, 6) is 0. The molecular formula is C16H13N5O2S. The molecule has 0 radical (unpaired) electrons. The number of hydrazone groups is 1. The maximum atomic E-state index is 12.2. The highest BCUT2D eigenvalue weighted by Crippen LogP contribution is 2.14. The minimum atomic E-state index is -3.63. The number of hydrogen-bond acceptors (Lipinski definition) is 6. The first kappa shape index (κ1) is 17.2. The van der Waals surface area contributed by atoms with Gasteiger partial charge in [0.1, 0.15) is 12.1 Å². The molecule has 0 saturated carbocycles. The molecule has 0 saturated heterocycles. The van der Waals surface area contributed by atoms with Gasteiger partial charge in [-0.05, 0) is 29.8 Å². The van der Waals surface area contributed by atoms with Gasteiger partial charge in [0.2, 0.25) is 15.7 Å². The van der Waals surface area contributed by atoms with Gasteiger partial charge in [0.15, 0.2) is 0 Å². The summed E-state index contributed by atoms with van der Waals surface area (Å²) in [4.78, 5) is 0.105. The third-order valence-corrected chi connectivity index (χ3v) is 4.40. The van der Waals surface area contributed by atoms with Crippen molar-refractivity contribution in [3.63, 3.8) is 0 Å². The molecule has 0 aliphatic carbocycles. The quantitative estimate of drug-likeness (QED) is 0.616. The van der Waals surface area contributed by atoms with Gasteiger partial charge < -0.3 is 0 Å². The molecule has 0 aliphatic heterocycles. The van der Waals surface area contributed by atoms with E-state index in [1.54, 1.807) is 12.1 Å². The van der Waals surface area contributed by atoms with Crippen molar-refractivity contribution in [3.8, 4) is 12.1 Å². The number of nitrogens with zero attached hydrogens (tertiary/aromatic N) is 3. The summed E-state index contributed by atoms with van der Waals surface area (Å²) in [7, 11) is -3.63. The molecule has 7 nitrogen and oxygen atoms in total. The Kier molecular flexibility index (Phi) is 5.63. The Labute approximate surface area is 139 Å². The molecule has 120 valence electrons. The number of sulfonamides is 1. The van der Waals surface area contributed by atoms with Crippen molar-refractivity contribution in [1.82, 2.24) is 4.72 Å². The van der Waals surface area contributed by atoms with Crippen LogP contribution in [0.2, 0.25) is 0 Å². The Morgan fingerprint density at radius 2 is 1.62 bits per heavy atom. The minimum absolute atomic E-state index is 0.105. The average molecular weight is 339 g/mol. The SMILES string of the molecule is N#CC(C#N)=NNc1ccc(S(=O)(=O)NCc2ccccc2)cc1. The molecule has 2 N–H and O–H groups in total. The number of nitrogens with one attached hydrogen (secondary N) is 2. The summed E-state index contributed by atoms with van der Waals surface area (Å²) >= 11 is 0. The van der Waals surface area contributed by atoms with E-state index in [4.69, 9.17) is 10.5 Å². The van der Waals surface area contributed by atoms with Crippen molar-refractivity contribution in [2.24, 2.45) is 5.10 Å². The number of anilines is 1. The van der Waals surface area contributed by atoms with E-state index in [-0.39, 0.29) is 17.2 Å². The molecule has 0 spiro atoms. The van der Waals surface area contributed by atoms with Crippen molar-refractivity contribution >= 4 is 21.4 Å². The predicted octanol–water partition coefficient (Wildman–Crippen LogP) is 1.98. The molecule has 2 aromatic rings. The summed E-state index contributed by atoms with van der Waals surface area (Å²) in [5, 5.41) is 20.7. The van der Waals surface area contributed by atoms with Crippen LogP contribution in [0.25, 0.3) is 0 Å². The van der Waals surface area contributed by atoms with Crippen molar-refractivity contribution in [2.45, 2.75) is 11.4 Å². The van der Waals surface area contributed by atoms with Crippen molar-refractivity contribution in [2.75, 3.05) is 5.43 Å². The Bertz CT molecular complexity index is 892. The summed E-state index contributed by atoms with van der Waals surface area (Å²) in [6.07, 6.45) is 0. The fourth-order valence-corrected chi connectivity index (χ4v) is 2.78. The summed E-state index contributed by atoms with van der Waals surface area (Å²) in [6, 6.07) is 18.2. The molecule has 0 aliphatic rings. The second kappa shape index (κ2) is 7.88. The normalized spacial score (nSPS) is 10.2. The topological polar surface area (TPSA) is 118 Å². The number of hydrogen-bond donors (Lipinski definition) is 2. The summed E-state index contributed by atoms with van der Waals surface area (Å²) in [5.41, 5.74) is 3.50. The lowest BCUT2D eigenvalue weighted by Crippen LogP contribution is -2.23. The van der Waals surface area contributed by atoms with Gasteiger partial charge >= 0.3 is 0 Å². The highest BCUT2D eigenvalue weighted by atomic mass is 32.2. The minimum Gasteiger partial charge on any atom is -0.277 e. The molecule has 8 heteroatoms. The van der Waals surface area contributed by atoms with Crippen molar-refractivity contribution < 1.29 is 8.42 Å². The van der Waals surface area contributed by atoms with Crippen LogP contribution >= 0.6 is 0 Å². The highest BCUT2D eigenvalue weighted by molar-refractivity contribution is 7.89. The fraction of sp³-hybridized carbons (Fsp3) is 0.0625. The molecule has 2 aromatic carbocycles. The maximum Gasteiger partial charge on any atom is 0.240 e. The molecule has 0 bridgehead atoms. The van der Waals surface area contributed by atoms with Crippen LogP contribution in [0.3, 0.4) is 0 Å². The van der Waals surface area contributed by atoms with Crippen LogP contribution in [0.1, 0.15) is 5.56 Å². The second-order valence-corrected chi connectivity index (χ2v) is 6.40. The molecule has 0 heterocycles. The van der Waals surface area contributed by atoms with Gasteiger partial charge in [-0.1, -0.05) is 30.3 Å². The van der Waals surface area contributed by atoms with Gasteiger partial charge in [-0.15, -0.1) is 0 Å². The summed E-state index contributed by atoms with van der Waals surface area (Å²) < 4.78 is 27.0. The van der Waals surface area contributed by atoms with Gasteiger partial charge in [0, 0.05) is 6.54 Å². The largest absolute Gasteiger partial charge is 0.277 e. The zero-order valence-electron chi connectivity index (χ0n) is 12.5. The van der Waals surface area contributed by atoms with E-state index >= 15 is 0 Å². The van der Waals surface area contributed by atoms with Gasteiger partial charge in [-0.25, -0.2) is 13.1 Å². The van der Waals surface area contributed by atoms with Crippen molar-refractivity contribution in [1.29, 1.82) is 10.5 Å². The lowest BCUT2D eigenvalue weighted by atomic mass is 10.2. The first-order valence-corrected chi connectivity index (χ1v) is 8.31. The number of benzene rings is 2. The van der Waals surface area contributed by atoms with Crippen LogP contribution in [0.4, 0.5) is 5.69 Å². The Morgan fingerprint density at radius 3 is 2.21 bits per heavy atom. The monoisotopic (exact) mass is 339 g/mol. The molecule has 2 rings (SSSR count). The Hall–Kier alpha value is -3.20. The number of rotatable bonds is 6. The van der Waals surface area contributed by atoms with E-state index in [1.165, 1.54) is 24.3 Å².